The summed E-state index contributed by atoms with van der Waals surface area (Å²) in [6.45, 7) is -0.147. The van der Waals surface area contributed by atoms with E-state index >= 15 is 0 Å². The third-order valence-corrected chi connectivity index (χ3v) is 2.55. The average Bonchev–Trinajstić information content (AvgIpc) is 2.25. The van der Waals surface area contributed by atoms with Gasteiger partial charge >= 0.3 is 12.6 Å². The van der Waals surface area contributed by atoms with Crippen LogP contribution in [0.3, 0.4) is 0 Å². The maximum atomic E-state index is 12.2. The summed E-state index contributed by atoms with van der Waals surface area (Å²) in [4.78, 5) is -0.157. The maximum Gasteiger partial charge on any atom is 0.492 e. The molecule has 0 heterocycles. The predicted octanol–water partition coefficient (Wildman–Crippen LogP) is 0.961. The van der Waals surface area contributed by atoms with Gasteiger partial charge in [-0.05, 0) is 30.0 Å². The molecular formula is C9H10BF3O4S. The van der Waals surface area contributed by atoms with Crippen LogP contribution in [-0.4, -0.2) is 36.6 Å². The lowest BCUT2D eigenvalue weighted by atomic mass is 9.79. The first kappa shape index (κ1) is 15.2. The van der Waals surface area contributed by atoms with Crippen molar-refractivity contribution in [1.82, 2.24) is 0 Å². The van der Waals surface area contributed by atoms with E-state index in [1.165, 1.54) is 19.2 Å². The van der Waals surface area contributed by atoms with Crippen molar-refractivity contribution >= 4 is 24.3 Å². The van der Waals surface area contributed by atoms with Crippen LogP contribution in [0.15, 0.2) is 23.1 Å². The highest BCUT2D eigenvalue weighted by Gasteiger charge is 2.30. The van der Waals surface area contributed by atoms with E-state index in [0.717, 1.165) is 6.07 Å². The van der Waals surface area contributed by atoms with Crippen LogP contribution >= 0.6 is 11.8 Å². The third kappa shape index (κ3) is 4.77. The fourth-order valence-electron chi connectivity index (χ4n) is 1.18. The van der Waals surface area contributed by atoms with E-state index in [0.29, 0.717) is 0 Å². The van der Waals surface area contributed by atoms with Gasteiger partial charge in [-0.25, -0.2) is 0 Å². The van der Waals surface area contributed by atoms with Crippen molar-refractivity contribution in [2.75, 3.05) is 13.9 Å². The molecule has 0 aliphatic carbocycles. The molecule has 9 heteroatoms. The molecule has 100 valence electrons. The van der Waals surface area contributed by atoms with Gasteiger partial charge in [0, 0.05) is 17.5 Å². The zero-order valence-electron chi connectivity index (χ0n) is 9.27. The Morgan fingerprint density at radius 2 is 2.00 bits per heavy atom. The molecule has 4 nitrogen and oxygen atoms in total. The smallest absolute Gasteiger partial charge is 0.468 e. The van der Waals surface area contributed by atoms with Crippen LogP contribution in [-0.2, 0) is 4.74 Å². The van der Waals surface area contributed by atoms with Crippen molar-refractivity contribution in [1.29, 1.82) is 0 Å². The zero-order valence-corrected chi connectivity index (χ0v) is 10.1. The first-order chi connectivity index (χ1) is 8.33. The van der Waals surface area contributed by atoms with Gasteiger partial charge in [-0.15, -0.1) is 0 Å². The van der Waals surface area contributed by atoms with Crippen LogP contribution < -0.4 is 10.2 Å². The molecular weight excluding hydrogens is 272 g/mol. The molecule has 0 unspecified atom stereocenters. The minimum Gasteiger partial charge on any atom is -0.468 e. The Bertz CT molecular complexity index is 400. The lowest BCUT2D eigenvalue weighted by molar-refractivity contribution is -0.0328. The van der Waals surface area contributed by atoms with Gasteiger partial charge in [0.25, 0.3) is 0 Å². The Morgan fingerprint density at radius 3 is 2.50 bits per heavy atom. The Kier molecular flexibility index (Phi) is 5.33. The molecule has 0 radical (unpaired) electrons. The molecule has 18 heavy (non-hydrogen) atoms. The van der Waals surface area contributed by atoms with E-state index in [2.05, 4.69) is 4.74 Å². The second kappa shape index (κ2) is 6.32. The van der Waals surface area contributed by atoms with Gasteiger partial charge in [-0.1, -0.05) is 0 Å². The van der Waals surface area contributed by atoms with Crippen LogP contribution in [0.25, 0.3) is 0 Å². The summed E-state index contributed by atoms with van der Waals surface area (Å²) in [6.07, 6.45) is 0. The van der Waals surface area contributed by atoms with Gasteiger partial charge in [0.05, 0.1) is 0 Å². The summed E-state index contributed by atoms with van der Waals surface area (Å²) < 4.78 is 46.1. The monoisotopic (exact) mass is 282 g/mol. The fraction of sp³-hybridized carbons (Fsp3) is 0.333. The topological polar surface area (TPSA) is 58.9 Å². The largest absolute Gasteiger partial charge is 0.492 e. The lowest BCUT2D eigenvalue weighted by Gasteiger charge is -2.12. The van der Waals surface area contributed by atoms with Crippen molar-refractivity contribution in [3.8, 4) is 5.75 Å². The van der Waals surface area contributed by atoms with E-state index in [1.807, 2.05) is 0 Å². The summed E-state index contributed by atoms with van der Waals surface area (Å²) in [5.41, 5.74) is -4.59. The highest BCUT2D eigenvalue weighted by Crippen LogP contribution is 2.36. The highest BCUT2D eigenvalue weighted by molar-refractivity contribution is 8.00. The fourth-order valence-corrected chi connectivity index (χ4v) is 1.77. The number of hydrogen-bond donors (Lipinski definition) is 2. The average molecular weight is 282 g/mol. The molecule has 1 aromatic rings. The molecule has 0 fully saturated rings. The number of ether oxygens (including phenoxy) is 2. The van der Waals surface area contributed by atoms with Crippen LogP contribution in [0, 0.1) is 0 Å². The molecule has 2 N–H and O–H groups in total. The van der Waals surface area contributed by atoms with E-state index in [1.54, 1.807) is 0 Å². The standard InChI is InChI=1S/C9H10BF3O4S/c1-16-5-17-8-3-2-6(18-9(11,12)13)4-7(8)10(14)15/h2-4,14-15H,5H2,1H3. The molecule has 0 saturated carbocycles. The minimum absolute atomic E-state index is 0.0541. The van der Waals surface area contributed by atoms with Crippen LogP contribution in [0.4, 0.5) is 13.2 Å². The van der Waals surface area contributed by atoms with E-state index in [-0.39, 0.29) is 34.7 Å². The van der Waals surface area contributed by atoms with Crippen molar-refractivity contribution in [2.24, 2.45) is 0 Å². The molecule has 0 aromatic heterocycles. The van der Waals surface area contributed by atoms with Gasteiger partial charge < -0.3 is 19.5 Å². The molecule has 1 rings (SSSR count). The molecule has 0 saturated heterocycles. The zero-order chi connectivity index (χ0) is 13.8. The highest BCUT2D eigenvalue weighted by atomic mass is 32.2. The summed E-state index contributed by atoms with van der Waals surface area (Å²) in [5, 5.41) is 18.1. The molecule has 0 aliphatic rings. The first-order valence-electron chi connectivity index (χ1n) is 4.71. The third-order valence-electron chi connectivity index (χ3n) is 1.83. The van der Waals surface area contributed by atoms with Gasteiger partial charge in [0.1, 0.15) is 5.75 Å². The van der Waals surface area contributed by atoms with Crippen molar-refractivity contribution < 1.29 is 32.7 Å². The quantitative estimate of drug-likeness (QED) is 0.478. The minimum atomic E-state index is -4.44. The molecule has 1 aromatic carbocycles. The Labute approximate surface area is 106 Å². The SMILES string of the molecule is COCOc1ccc(SC(F)(F)F)cc1B(O)O. The van der Waals surface area contributed by atoms with Crippen molar-refractivity contribution in [2.45, 2.75) is 10.4 Å². The second-order valence-corrected chi connectivity index (χ2v) is 4.31. The summed E-state index contributed by atoms with van der Waals surface area (Å²) >= 11 is -0.344. The number of methoxy groups -OCH3 is 1. The number of benzene rings is 1. The molecule has 0 bridgehead atoms. The van der Waals surface area contributed by atoms with Crippen LogP contribution in [0.2, 0.25) is 0 Å². The molecule has 0 atom stereocenters. The van der Waals surface area contributed by atoms with E-state index in [4.69, 9.17) is 14.8 Å². The second-order valence-electron chi connectivity index (χ2n) is 3.17. The Morgan fingerprint density at radius 1 is 1.33 bits per heavy atom. The van der Waals surface area contributed by atoms with Gasteiger partial charge in [0.15, 0.2) is 6.79 Å². The first-order valence-corrected chi connectivity index (χ1v) is 5.52. The van der Waals surface area contributed by atoms with Crippen molar-refractivity contribution in [3.63, 3.8) is 0 Å². The summed E-state index contributed by atoms with van der Waals surface area (Å²) in [6, 6.07) is 3.41. The normalized spacial score (nSPS) is 11.4. The lowest BCUT2D eigenvalue weighted by Crippen LogP contribution is -2.32. The Balaban J connectivity index is 2.96. The molecule has 0 aliphatic heterocycles. The van der Waals surface area contributed by atoms with Crippen molar-refractivity contribution in [3.05, 3.63) is 18.2 Å². The predicted molar refractivity (Wildman–Crippen MR) is 60.7 cm³/mol. The summed E-state index contributed by atoms with van der Waals surface area (Å²) in [5.74, 6) is 0.0541. The summed E-state index contributed by atoms with van der Waals surface area (Å²) in [7, 11) is -0.561. The number of rotatable bonds is 5. The number of halogens is 3. The number of thioether (sulfide) groups is 1. The molecule has 0 amide bonds. The van der Waals surface area contributed by atoms with Gasteiger partial charge in [0.2, 0.25) is 0 Å². The number of hydrogen-bond acceptors (Lipinski definition) is 5. The Hall–Kier alpha value is -0.895. The van der Waals surface area contributed by atoms with E-state index in [9.17, 15) is 13.2 Å². The van der Waals surface area contributed by atoms with E-state index < -0.39 is 12.6 Å². The van der Waals surface area contributed by atoms with Crippen LogP contribution in [0.1, 0.15) is 0 Å². The maximum absolute atomic E-state index is 12.2. The molecule has 0 spiro atoms. The van der Waals surface area contributed by atoms with Crippen LogP contribution in [0.5, 0.6) is 5.75 Å². The number of alkyl halides is 3. The van der Waals surface area contributed by atoms with Gasteiger partial charge in [-0.3, -0.25) is 0 Å². The van der Waals surface area contributed by atoms with Gasteiger partial charge in [-0.2, -0.15) is 13.2 Å².